The molecule has 3 N–H and O–H groups in total. The standard InChI is InChI=1S/C28H40N4O3S/c1-18(26(34)29-11-12-32-13-15-35-16-14-32)21-9-10-28(3)17-22-24(19(2)23(28)25(21)33)31-27(36-22)30-20-7-5-4-6-8-20/h4-8,18-19,21,23,25,33H,9-17H2,1-3H3,(H,29,34)(H,30,31). The number of rotatable bonds is 7. The van der Waals surface area contributed by atoms with E-state index in [9.17, 15) is 9.90 Å². The number of amides is 1. The maximum absolute atomic E-state index is 13.0. The first kappa shape index (κ1) is 25.6. The van der Waals surface area contributed by atoms with Gasteiger partial charge in [-0.25, -0.2) is 4.98 Å². The predicted molar refractivity (Wildman–Crippen MR) is 144 cm³/mol. The van der Waals surface area contributed by atoms with Crippen LogP contribution in [0.3, 0.4) is 0 Å². The third-order valence-corrected chi connectivity index (χ3v) is 9.82. The van der Waals surface area contributed by atoms with Crippen molar-refractivity contribution in [3.63, 3.8) is 0 Å². The number of aromatic nitrogens is 1. The van der Waals surface area contributed by atoms with Crippen LogP contribution >= 0.6 is 11.3 Å². The first-order valence-electron chi connectivity index (χ1n) is 13.4. The van der Waals surface area contributed by atoms with Gasteiger partial charge in [-0.2, -0.15) is 0 Å². The Morgan fingerprint density at radius 3 is 2.81 bits per heavy atom. The molecule has 1 aliphatic heterocycles. The molecule has 1 amide bonds. The van der Waals surface area contributed by atoms with E-state index in [1.165, 1.54) is 4.88 Å². The molecule has 1 saturated heterocycles. The molecule has 3 aliphatic rings. The number of nitrogens with one attached hydrogen (secondary N) is 2. The molecule has 5 rings (SSSR count). The topological polar surface area (TPSA) is 86.7 Å². The molecule has 8 heteroatoms. The number of carbonyl (C=O) groups excluding carboxylic acids is 1. The maximum Gasteiger partial charge on any atom is 0.223 e. The van der Waals surface area contributed by atoms with Crippen molar-refractivity contribution in [1.82, 2.24) is 15.2 Å². The highest BCUT2D eigenvalue weighted by Gasteiger charge is 2.53. The van der Waals surface area contributed by atoms with Crippen LogP contribution in [-0.2, 0) is 16.0 Å². The Bertz CT molecular complexity index is 1040. The number of anilines is 2. The van der Waals surface area contributed by atoms with Gasteiger partial charge in [-0.05, 0) is 48.6 Å². The lowest BCUT2D eigenvalue weighted by molar-refractivity contribution is -0.134. The molecule has 1 saturated carbocycles. The Morgan fingerprint density at radius 1 is 1.31 bits per heavy atom. The SMILES string of the molecule is CC(C(=O)NCCN1CCOCC1)C1CCC2(C)Cc3sc(Nc4ccccc4)nc3C(C)C2C1O. The fraction of sp³-hybridized carbons (Fsp3) is 0.643. The maximum atomic E-state index is 13.0. The fourth-order valence-electron chi connectivity index (χ4n) is 6.76. The predicted octanol–water partition coefficient (Wildman–Crippen LogP) is 4.02. The minimum atomic E-state index is -0.515. The van der Waals surface area contributed by atoms with E-state index in [0.717, 1.165) is 68.6 Å². The summed E-state index contributed by atoms with van der Waals surface area (Å²) >= 11 is 1.74. The van der Waals surface area contributed by atoms with E-state index in [4.69, 9.17) is 9.72 Å². The highest BCUT2D eigenvalue weighted by Crippen LogP contribution is 2.57. The van der Waals surface area contributed by atoms with Gasteiger partial charge in [0.25, 0.3) is 0 Å². The average molecular weight is 513 g/mol. The highest BCUT2D eigenvalue weighted by molar-refractivity contribution is 7.15. The van der Waals surface area contributed by atoms with Gasteiger partial charge in [0.15, 0.2) is 5.13 Å². The summed E-state index contributed by atoms with van der Waals surface area (Å²) in [4.78, 5) is 21.7. The Labute approximate surface area is 218 Å². The molecule has 36 heavy (non-hydrogen) atoms. The second-order valence-corrected chi connectivity index (χ2v) is 12.3. The van der Waals surface area contributed by atoms with Crippen molar-refractivity contribution < 1.29 is 14.6 Å². The number of hydrogen-bond donors (Lipinski definition) is 3. The lowest BCUT2D eigenvalue weighted by Crippen LogP contribution is -2.53. The minimum Gasteiger partial charge on any atom is -0.392 e. The van der Waals surface area contributed by atoms with E-state index in [0.29, 0.717) is 6.54 Å². The van der Waals surface area contributed by atoms with Gasteiger partial charge in [0, 0.05) is 48.6 Å². The summed E-state index contributed by atoms with van der Waals surface area (Å²) in [5, 5.41) is 19.2. The second-order valence-electron chi connectivity index (χ2n) is 11.2. The van der Waals surface area contributed by atoms with Gasteiger partial charge in [0.1, 0.15) is 0 Å². The summed E-state index contributed by atoms with van der Waals surface area (Å²) in [5.41, 5.74) is 2.17. The normalized spacial score (nSPS) is 31.2. The number of morpholine rings is 1. The summed E-state index contributed by atoms with van der Waals surface area (Å²) in [6.45, 7) is 11.4. The van der Waals surface area contributed by atoms with E-state index >= 15 is 0 Å². The molecule has 1 aromatic carbocycles. The fourth-order valence-corrected chi connectivity index (χ4v) is 8.05. The second kappa shape index (κ2) is 10.8. The van der Waals surface area contributed by atoms with Crippen molar-refractivity contribution in [3.05, 3.63) is 40.9 Å². The van der Waals surface area contributed by atoms with Gasteiger partial charge in [0.2, 0.25) is 5.91 Å². The molecule has 2 heterocycles. The molecule has 2 aromatic rings. The van der Waals surface area contributed by atoms with Gasteiger partial charge in [-0.1, -0.05) is 39.0 Å². The molecule has 6 atom stereocenters. The molecule has 0 radical (unpaired) electrons. The van der Waals surface area contributed by atoms with Gasteiger partial charge >= 0.3 is 0 Å². The number of thiazole rings is 1. The van der Waals surface area contributed by atoms with Crippen LogP contribution in [0.2, 0.25) is 0 Å². The monoisotopic (exact) mass is 512 g/mol. The zero-order valence-corrected chi connectivity index (χ0v) is 22.5. The van der Waals surface area contributed by atoms with Crippen LogP contribution < -0.4 is 10.6 Å². The molecular formula is C28H40N4O3S. The number of benzene rings is 1. The minimum absolute atomic E-state index is 0.0193. The van der Waals surface area contributed by atoms with E-state index < -0.39 is 6.10 Å². The Hall–Kier alpha value is -2.00. The van der Waals surface area contributed by atoms with Crippen LogP contribution in [0.15, 0.2) is 30.3 Å². The summed E-state index contributed by atoms with van der Waals surface area (Å²) < 4.78 is 5.40. The molecule has 0 bridgehead atoms. The molecule has 2 aliphatic carbocycles. The number of para-hydroxylation sites is 1. The van der Waals surface area contributed by atoms with E-state index in [1.54, 1.807) is 11.3 Å². The Morgan fingerprint density at radius 2 is 2.06 bits per heavy atom. The van der Waals surface area contributed by atoms with E-state index in [2.05, 4.69) is 29.4 Å². The Kier molecular flexibility index (Phi) is 7.67. The van der Waals surface area contributed by atoms with Crippen LogP contribution in [0.25, 0.3) is 0 Å². The molecule has 2 fully saturated rings. The lowest BCUT2D eigenvalue weighted by Gasteiger charge is -2.53. The van der Waals surface area contributed by atoms with E-state index in [-0.39, 0.29) is 35.0 Å². The summed E-state index contributed by atoms with van der Waals surface area (Å²) in [7, 11) is 0. The summed E-state index contributed by atoms with van der Waals surface area (Å²) in [6.07, 6.45) is 2.32. The van der Waals surface area contributed by atoms with Crippen molar-refractivity contribution in [2.75, 3.05) is 44.7 Å². The number of fused-ring (bicyclic) bond motifs is 2. The summed E-state index contributed by atoms with van der Waals surface area (Å²) in [6, 6.07) is 10.1. The zero-order valence-electron chi connectivity index (χ0n) is 21.7. The Balaban J connectivity index is 1.24. The molecule has 7 nitrogen and oxygen atoms in total. The molecule has 6 unspecified atom stereocenters. The third-order valence-electron chi connectivity index (χ3n) is 8.83. The van der Waals surface area contributed by atoms with Crippen molar-refractivity contribution >= 4 is 28.1 Å². The van der Waals surface area contributed by atoms with Crippen LogP contribution in [0.1, 0.15) is 50.1 Å². The number of carbonyl (C=O) groups is 1. The number of aliphatic hydroxyl groups is 1. The number of aliphatic hydroxyl groups excluding tert-OH is 1. The van der Waals surface area contributed by atoms with Gasteiger partial charge in [-0.15, -0.1) is 11.3 Å². The third kappa shape index (κ3) is 5.19. The molecule has 1 aromatic heterocycles. The molecule has 0 spiro atoms. The number of ether oxygens (including phenoxy) is 1. The van der Waals surface area contributed by atoms with Crippen LogP contribution in [-0.4, -0.2) is 66.4 Å². The van der Waals surface area contributed by atoms with Crippen LogP contribution in [0.4, 0.5) is 10.8 Å². The quantitative estimate of drug-likeness (QED) is 0.520. The first-order chi connectivity index (χ1) is 17.4. The van der Waals surface area contributed by atoms with Gasteiger partial charge < -0.3 is 20.5 Å². The highest BCUT2D eigenvalue weighted by atomic mass is 32.1. The largest absolute Gasteiger partial charge is 0.392 e. The molecular weight excluding hydrogens is 472 g/mol. The van der Waals surface area contributed by atoms with E-state index in [1.807, 2.05) is 37.3 Å². The number of hydrogen-bond acceptors (Lipinski definition) is 7. The first-order valence-corrected chi connectivity index (χ1v) is 14.2. The van der Waals surface area contributed by atoms with Crippen molar-refractivity contribution in [2.24, 2.45) is 23.2 Å². The van der Waals surface area contributed by atoms with Crippen LogP contribution in [0.5, 0.6) is 0 Å². The van der Waals surface area contributed by atoms with Crippen molar-refractivity contribution in [1.29, 1.82) is 0 Å². The van der Waals surface area contributed by atoms with Crippen molar-refractivity contribution in [2.45, 2.75) is 52.1 Å². The van der Waals surface area contributed by atoms with Crippen molar-refractivity contribution in [3.8, 4) is 0 Å². The average Bonchev–Trinajstić information content (AvgIpc) is 3.26. The van der Waals surface area contributed by atoms with Crippen LogP contribution in [0, 0.1) is 23.2 Å². The smallest absolute Gasteiger partial charge is 0.223 e. The zero-order chi connectivity index (χ0) is 25.3. The molecule has 196 valence electrons. The summed E-state index contributed by atoms with van der Waals surface area (Å²) in [5.74, 6) is 0.0578. The number of nitrogens with zero attached hydrogens (tertiary/aromatic N) is 2. The van der Waals surface area contributed by atoms with Gasteiger partial charge in [0.05, 0.1) is 25.0 Å². The van der Waals surface area contributed by atoms with Gasteiger partial charge in [-0.3, -0.25) is 9.69 Å². The lowest BCUT2D eigenvalue weighted by atomic mass is 9.53.